The number of halogens is 1. The molecule has 1 aromatic carbocycles. The Hall–Kier alpha value is 0.386. The van der Waals surface area contributed by atoms with Crippen molar-refractivity contribution in [3.05, 3.63) is 35.9 Å². The first-order chi connectivity index (χ1) is 6.38. The molecule has 0 bridgehead atoms. The number of rotatable bonds is 5. The van der Waals surface area contributed by atoms with E-state index in [0.29, 0.717) is 13.2 Å². The maximum atomic E-state index is 5.41. The zero-order chi connectivity index (χ0) is 9.52. The fourth-order valence-electron chi connectivity index (χ4n) is 1.08. The van der Waals surface area contributed by atoms with Gasteiger partial charge in [-0.3, -0.25) is 0 Å². The summed E-state index contributed by atoms with van der Waals surface area (Å²) in [4.78, 5) is 0. The van der Waals surface area contributed by atoms with Crippen LogP contribution in [0.15, 0.2) is 24.3 Å². The molecule has 1 aromatic rings. The summed E-state index contributed by atoms with van der Waals surface area (Å²) in [5, 5.41) is 0. The fourth-order valence-corrected chi connectivity index (χ4v) is 1.08. The van der Waals surface area contributed by atoms with E-state index >= 15 is 0 Å². The Balaban J connectivity index is 0. The molecule has 0 aliphatic rings. The van der Waals surface area contributed by atoms with E-state index in [1.54, 1.807) is 0 Å². The van der Waals surface area contributed by atoms with E-state index in [0.717, 1.165) is 5.56 Å². The van der Waals surface area contributed by atoms with Gasteiger partial charge in [0.1, 0.15) is 0 Å². The molecule has 1 rings (SSSR count). The molecule has 0 aliphatic carbocycles. The average Bonchev–Trinajstić information content (AvgIpc) is 2.19. The maximum absolute atomic E-state index is 5.41. The molecule has 0 fully saturated rings. The van der Waals surface area contributed by atoms with Crippen LogP contribution in [0.25, 0.3) is 0 Å². The van der Waals surface area contributed by atoms with Crippen LogP contribution in [0.4, 0.5) is 0 Å². The van der Waals surface area contributed by atoms with Crippen LogP contribution in [0.3, 0.4) is 0 Å². The van der Waals surface area contributed by atoms with Crippen molar-refractivity contribution in [3.63, 3.8) is 0 Å². The quantitative estimate of drug-likeness (QED) is 0.399. The first-order valence-electron chi connectivity index (χ1n) is 4.58. The Labute approximate surface area is 118 Å². The second-order valence-corrected chi connectivity index (χ2v) is 2.56. The molecule has 0 aliphatic heterocycles. The van der Waals surface area contributed by atoms with Gasteiger partial charge in [-0.05, 0) is 13.8 Å². The Morgan fingerprint density at radius 3 is 2.20 bits per heavy atom. The van der Waals surface area contributed by atoms with Crippen molar-refractivity contribution in [2.45, 2.75) is 20.1 Å². The fraction of sp³-hybridized carbons (Fsp3) is 0.455. The van der Waals surface area contributed by atoms with Crippen LogP contribution in [-0.4, -0.2) is 36.3 Å². The van der Waals surface area contributed by atoms with Crippen LogP contribution in [0.2, 0.25) is 0 Å². The molecule has 0 radical (unpaired) electrons. The van der Waals surface area contributed by atoms with Crippen molar-refractivity contribution in [3.8, 4) is 0 Å². The van der Waals surface area contributed by atoms with Crippen molar-refractivity contribution in [1.29, 1.82) is 0 Å². The van der Waals surface area contributed by atoms with E-state index in [1.165, 1.54) is 0 Å². The largest absolute Gasteiger partial charge is 2.00 e. The monoisotopic (exact) mass is 282 g/mol. The molecule has 0 saturated carbocycles. The number of benzene rings is 1. The summed E-state index contributed by atoms with van der Waals surface area (Å²) >= 11 is 0. The second-order valence-electron chi connectivity index (χ2n) is 2.56. The Morgan fingerprint density at radius 2 is 1.80 bits per heavy atom. The molecule has 2 nitrogen and oxygen atoms in total. The van der Waals surface area contributed by atoms with Gasteiger partial charge >= 0.3 is 23.1 Å². The van der Waals surface area contributed by atoms with Crippen LogP contribution in [0, 0.1) is 6.07 Å². The molecule has 0 N–H and O–H groups in total. The van der Waals surface area contributed by atoms with Gasteiger partial charge in [-0.1, -0.05) is 0 Å². The third-order valence-electron chi connectivity index (χ3n) is 1.62. The average molecular weight is 283 g/mol. The number of hydrogen-bond acceptors (Lipinski definition) is 2. The normalized spacial score (nSPS) is 9.27. The summed E-state index contributed by atoms with van der Waals surface area (Å²) in [5.41, 5.74) is 0.950. The standard InChI is InChI=1S/C11H15O2.BrH.Mg/c1-3-12-11(13-4-2)10-8-6-5-7-9-10;;/h5-8,11H,3-4H2,1-2H3;1H;/q-1;;+2/p-1. The van der Waals surface area contributed by atoms with Gasteiger partial charge in [0.25, 0.3) is 0 Å². The first-order valence-corrected chi connectivity index (χ1v) is 4.58. The van der Waals surface area contributed by atoms with Crippen LogP contribution in [0.1, 0.15) is 25.7 Å². The molecule has 4 heteroatoms. The van der Waals surface area contributed by atoms with Gasteiger partial charge in [0, 0.05) is 13.2 Å². The summed E-state index contributed by atoms with van der Waals surface area (Å²) in [5.74, 6) is 0. The molecular weight excluding hydrogens is 268 g/mol. The van der Waals surface area contributed by atoms with E-state index < -0.39 is 0 Å². The number of hydrogen-bond donors (Lipinski definition) is 0. The summed E-state index contributed by atoms with van der Waals surface area (Å²) in [6, 6.07) is 10.8. The van der Waals surface area contributed by atoms with Crippen LogP contribution < -0.4 is 17.0 Å². The predicted octanol–water partition coefficient (Wildman–Crippen LogP) is -0.818. The van der Waals surface area contributed by atoms with Gasteiger partial charge in [0.15, 0.2) is 6.29 Å². The Morgan fingerprint density at radius 1 is 1.20 bits per heavy atom. The molecular formula is C11H15BrMgO2. The van der Waals surface area contributed by atoms with Gasteiger partial charge < -0.3 is 26.5 Å². The van der Waals surface area contributed by atoms with Crippen LogP contribution in [-0.2, 0) is 9.47 Å². The number of ether oxygens (including phenoxy) is 2. The van der Waals surface area contributed by atoms with Gasteiger partial charge in [-0.2, -0.15) is 30.3 Å². The maximum Gasteiger partial charge on any atom is 2.00 e. The van der Waals surface area contributed by atoms with Gasteiger partial charge in [-0.15, -0.1) is 5.56 Å². The SMILES string of the molecule is CCOC(OCC)c1[c-]cccc1.[Br-].[Mg+2]. The summed E-state index contributed by atoms with van der Waals surface area (Å²) in [6.07, 6.45) is -0.267. The molecule has 0 aromatic heterocycles. The summed E-state index contributed by atoms with van der Waals surface area (Å²) in [6.45, 7) is 5.20. The van der Waals surface area contributed by atoms with Crippen molar-refractivity contribution in [2.24, 2.45) is 0 Å². The zero-order valence-corrected chi connectivity index (χ0v) is 12.2. The molecule has 0 saturated heterocycles. The zero-order valence-electron chi connectivity index (χ0n) is 9.20. The Kier molecular flexibility index (Phi) is 12.9. The molecule has 0 amide bonds. The van der Waals surface area contributed by atoms with Crippen molar-refractivity contribution >= 4 is 23.1 Å². The molecule has 80 valence electrons. The minimum absolute atomic E-state index is 0. The summed E-state index contributed by atoms with van der Waals surface area (Å²) < 4.78 is 10.8. The summed E-state index contributed by atoms with van der Waals surface area (Å²) in [7, 11) is 0. The molecule has 0 atom stereocenters. The van der Waals surface area contributed by atoms with Crippen LogP contribution in [0.5, 0.6) is 0 Å². The van der Waals surface area contributed by atoms with Crippen molar-refractivity contribution in [2.75, 3.05) is 13.2 Å². The molecule has 15 heavy (non-hydrogen) atoms. The van der Waals surface area contributed by atoms with Crippen LogP contribution >= 0.6 is 0 Å². The molecule has 0 heterocycles. The topological polar surface area (TPSA) is 18.5 Å². The minimum Gasteiger partial charge on any atom is -1.00 e. The van der Waals surface area contributed by atoms with Crippen molar-refractivity contribution in [1.82, 2.24) is 0 Å². The Bertz CT molecular complexity index is 225. The predicted molar refractivity (Wildman–Crippen MR) is 57.0 cm³/mol. The van der Waals surface area contributed by atoms with Gasteiger partial charge in [0.05, 0.1) is 0 Å². The van der Waals surface area contributed by atoms with Gasteiger partial charge in [-0.25, -0.2) is 0 Å². The third-order valence-corrected chi connectivity index (χ3v) is 1.62. The molecule has 0 spiro atoms. The van der Waals surface area contributed by atoms with E-state index in [-0.39, 0.29) is 46.3 Å². The second kappa shape index (κ2) is 10.9. The third kappa shape index (κ3) is 6.53. The van der Waals surface area contributed by atoms with E-state index in [9.17, 15) is 0 Å². The van der Waals surface area contributed by atoms with E-state index in [1.807, 2.05) is 38.1 Å². The smallest absolute Gasteiger partial charge is 1.00 e. The van der Waals surface area contributed by atoms with Gasteiger partial charge in [0.2, 0.25) is 0 Å². The van der Waals surface area contributed by atoms with E-state index in [4.69, 9.17) is 9.47 Å². The van der Waals surface area contributed by atoms with E-state index in [2.05, 4.69) is 6.07 Å². The first kappa shape index (κ1) is 17.8. The minimum atomic E-state index is -0.267. The molecule has 0 unspecified atom stereocenters. The van der Waals surface area contributed by atoms with Crippen molar-refractivity contribution < 1.29 is 26.5 Å².